The van der Waals surface area contributed by atoms with Crippen molar-refractivity contribution in [2.24, 2.45) is 0 Å². The van der Waals surface area contributed by atoms with Gasteiger partial charge in [0.05, 0.1) is 17.2 Å². The van der Waals surface area contributed by atoms with E-state index < -0.39 is 12.1 Å². The second-order valence-electron chi connectivity index (χ2n) is 7.38. The molecule has 0 N–H and O–H groups in total. The zero-order valence-corrected chi connectivity index (χ0v) is 18.0. The van der Waals surface area contributed by atoms with Crippen LogP contribution in [0.25, 0.3) is 0 Å². The van der Waals surface area contributed by atoms with E-state index >= 15 is 0 Å². The number of aryl methyl sites for hydroxylation is 1. The molecule has 0 spiro atoms. The van der Waals surface area contributed by atoms with Gasteiger partial charge in [0.25, 0.3) is 0 Å². The van der Waals surface area contributed by atoms with Crippen LogP contribution in [-0.4, -0.2) is 18.7 Å². The van der Waals surface area contributed by atoms with E-state index in [9.17, 15) is 9.59 Å². The molecule has 1 aromatic rings. The molecule has 0 radical (unpaired) electrons. The molecule has 164 valence electrons. The maximum Gasteiger partial charge on any atom is 0.543 e. The molecular formula is C23H36O6. The third-order valence-electron chi connectivity index (χ3n) is 4.68. The first kappa shape index (κ1) is 25.0. The van der Waals surface area contributed by atoms with Crippen molar-refractivity contribution in [2.45, 2.75) is 90.9 Å². The van der Waals surface area contributed by atoms with Crippen molar-refractivity contribution in [3.8, 4) is 0 Å². The van der Waals surface area contributed by atoms with Gasteiger partial charge in [-0.3, -0.25) is 4.89 Å². The largest absolute Gasteiger partial charge is 0.543 e. The number of ether oxygens (including phenoxy) is 1. The Morgan fingerprint density at radius 1 is 0.793 bits per heavy atom. The summed E-state index contributed by atoms with van der Waals surface area (Å²) in [5.41, 5.74) is 1.21. The van der Waals surface area contributed by atoms with Crippen LogP contribution in [0.5, 0.6) is 0 Å². The predicted molar refractivity (Wildman–Crippen MR) is 111 cm³/mol. The fraction of sp³-hybridized carbons (Fsp3) is 0.652. The van der Waals surface area contributed by atoms with Crippen molar-refractivity contribution >= 4 is 12.1 Å². The second-order valence-corrected chi connectivity index (χ2v) is 7.38. The van der Waals surface area contributed by atoms with Crippen LogP contribution < -0.4 is 0 Å². The zero-order chi connectivity index (χ0) is 21.2. The van der Waals surface area contributed by atoms with Gasteiger partial charge in [-0.15, -0.1) is 0 Å². The van der Waals surface area contributed by atoms with Gasteiger partial charge in [-0.05, 0) is 25.5 Å². The molecule has 0 aromatic heterocycles. The first-order valence-electron chi connectivity index (χ1n) is 10.9. The molecule has 1 aromatic carbocycles. The van der Waals surface area contributed by atoms with Crippen LogP contribution in [0.4, 0.5) is 4.79 Å². The Morgan fingerprint density at radius 2 is 1.38 bits per heavy atom. The highest BCUT2D eigenvalue weighted by atomic mass is 17.5. The SMILES string of the molecule is CCCCCCCCCCCCCCOC(=O)OOOC(=O)c1cccc(C)c1. The van der Waals surface area contributed by atoms with Crippen LogP contribution >= 0.6 is 0 Å². The molecule has 0 saturated heterocycles. The van der Waals surface area contributed by atoms with Crippen LogP contribution in [0.3, 0.4) is 0 Å². The minimum absolute atomic E-state index is 0.255. The lowest BCUT2D eigenvalue weighted by molar-refractivity contribution is -0.452. The van der Waals surface area contributed by atoms with Gasteiger partial charge in [0.2, 0.25) is 0 Å². The topological polar surface area (TPSA) is 71.1 Å². The Balaban J connectivity index is 1.89. The highest BCUT2D eigenvalue weighted by Gasteiger charge is 2.12. The average Bonchev–Trinajstić information content (AvgIpc) is 2.71. The molecule has 1 rings (SSSR count). The molecule has 6 nitrogen and oxygen atoms in total. The lowest BCUT2D eigenvalue weighted by atomic mass is 10.1. The van der Waals surface area contributed by atoms with E-state index in [1.807, 2.05) is 13.0 Å². The Hall–Kier alpha value is -2.08. The summed E-state index contributed by atoms with van der Waals surface area (Å²) in [6, 6.07) is 6.78. The highest BCUT2D eigenvalue weighted by Crippen LogP contribution is 2.12. The van der Waals surface area contributed by atoms with Crippen molar-refractivity contribution < 1.29 is 29.1 Å². The molecule has 0 amide bonds. The summed E-state index contributed by atoms with van der Waals surface area (Å²) in [6.45, 7) is 4.35. The van der Waals surface area contributed by atoms with Gasteiger partial charge < -0.3 is 4.74 Å². The van der Waals surface area contributed by atoms with E-state index in [0.717, 1.165) is 24.8 Å². The number of hydrogen-bond donors (Lipinski definition) is 0. The van der Waals surface area contributed by atoms with Crippen LogP contribution in [-0.2, 0) is 19.6 Å². The maximum absolute atomic E-state index is 11.7. The molecule has 29 heavy (non-hydrogen) atoms. The van der Waals surface area contributed by atoms with Crippen molar-refractivity contribution in [2.75, 3.05) is 6.61 Å². The lowest BCUT2D eigenvalue weighted by Crippen LogP contribution is -2.12. The van der Waals surface area contributed by atoms with Gasteiger partial charge in [-0.2, -0.15) is 0 Å². The van der Waals surface area contributed by atoms with E-state index in [1.54, 1.807) is 18.2 Å². The smallest absolute Gasteiger partial charge is 0.432 e. The van der Waals surface area contributed by atoms with Crippen molar-refractivity contribution in [3.05, 3.63) is 35.4 Å². The van der Waals surface area contributed by atoms with E-state index in [2.05, 4.69) is 21.7 Å². The van der Waals surface area contributed by atoms with Crippen LogP contribution in [0.2, 0.25) is 0 Å². The fourth-order valence-corrected chi connectivity index (χ4v) is 3.02. The number of rotatable bonds is 16. The predicted octanol–water partition coefficient (Wildman–Crippen LogP) is 6.85. The number of hydrogen-bond acceptors (Lipinski definition) is 6. The molecule has 0 aliphatic rings. The summed E-state index contributed by atoms with van der Waals surface area (Å²) >= 11 is 0. The zero-order valence-electron chi connectivity index (χ0n) is 18.0. The Kier molecular flexibility index (Phi) is 14.5. The standard InChI is InChI=1S/C23H36O6/c1-3-4-5-6-7-8-9-10-11-12-13-14-18-26-23(25)28-29-27-22(24)21-17-15-16-20(2)19-21/h15-17,19H,3-14,18H2,1-2H3. The Labute approximate surface area is 174 Å². The minimum Gasteiger partial charge on any atom is -0.432 e. The van der Waals surface area contributed by atoms with Gasteiger partial charge in [-0.25, -0.2) is 14.5 Å². The van der Waals surface area contributed by atoms with E-state index in [4.69, 9.17) is 4.74 Å². The van der Waals surface area contributed by atoms with Crippen LogP contribution in [0.1, 0.15) is 99.9 Å². The second kappa shape index (κ2) is 16.8. The quantitative estimate of drug-likeness (QED) is 0.129. The van der Waals surface area contributed by atoms with E-state index in [-0.39, 0.29) is 6.61 Å². The number of carbonyl (C=O) groups excluding carboxylic acids is 2. The lowest BCUT2D eigenvalue weighted by Gasteiger charge is -2.05. The van der Waals surface area contributed by atoms with Crippen molar-refractivity contribution in [1.29, 1.82) is 0 Å². The number of carbonyl (C=O) groups is 2. The van der Waals surface area contributed by atoms with Crippen LogP contribution in [0, 0.1) is 6.92 Å². The first-order chi connectivity index (χ1) is 14.1. The van der Waals surface area contributed by atoms with Gasteiger partial charge in [0, 0.05) is 0 Å². The van der Waals surface area contributed by atoms with Crippen molar-refractivity contribution in [1.82, 2.24) is 0 Å². The maximum atomic E-state index is 11.7. The first-order valence-corrected chi connectivity index (χ1v) is 10.9. The third kappa shape index (κ3) is 13.7. The summed E-state index contributed by atoms with van der Waals surface area (Å²) in [6.07, 6.45) is 13.8. The summed E-state index contributed by atoms with van der Waals surface area (Å²) in [7, 11) is 0. The summed E-state index contributed by atoms with van der Waals surface area (Å²) in [4.78, 5) is 31.7. The Bertz CT molecular complexity index is 572. The molecule has 6 heteroatoms. The van der Waals surface area contributed by atoms with Gasteiger partial charge in [-0.1, -0.05) is 95.2 Å². The summed E-state index contributed by atoms with van der Waals surface area (Å²) in [5.74, 6) is -0.748. The summed E-state index contributed by atoms with van der Waals surface area (Å²) < 4.78 is 4.86. The normalized spacial score (nSPS) is 10.6. The minimum atomic E-state index is -1.02. The number of benzene rings is 1. The Morgan fingerprint density at radius 3 is 1.97 bits per heavy atom. The highest BCUT2D eigenvalue weighted by molar-refractivity contribution is 5.89. The fourth-order valence-electron chi connectivity index (χ4n) is 3.02. The van der Waals surface area contributed by atoms with Gasteiger partial charge in [0.1, 0.15) is 0 Å². The molecule has 0 saturated carbocycles. The molecule has 0 fully saturated rings. The van der Waals surface area contributed by atoms with E-state index in [1.165, 1.54) is 57.8 Å². The molecule has 0 aliphatic heterocycles. The molecule has 0 heterocycles. The third-order valence-corrected chi connectivity index (χ3v) is 4.68. The monoisotopic (exact) mass is 408 g/mol. The summed E-state index contributed by atoms with van der Waals surface area (Å²) in [5, 5.41) is 4.19. The van der Waals surface area contributed by atoms with Crippen LogP contribution in [0.15, 0.2) is 24.3 Å². The molecule has 0 aliphatic carbocycles. The van der Waals surface area contributed by atoms with E-state index in [0.29, 0.717) is 5.56 Å². The average molecular weight is 409 g/mol. The van der Waals surface area contributed by atoms with Gasteiger partial charge in [0.15, 0.2) is 0 Å². The van der Waals surface area contributed by atoms with Gasteiger partial charge >= 0.3 is 12.1 Å². The van der Waals surface area contributed by atoms with Crippen molar-refractivity contribution in [3.63, 3.8) is 0 Å². The molecular weight excluding hydrogens is 372 g/mol. The molecule has 0 unspecified atom stereocenters. The number of unbranched alkanes of at least 4 members (excludes halogenated alkanes) is 11. The molecule has 0 atom stereocenters. The molecule has 0 bridgehead atoms.